The maximum Gasteiger partial charge on any atom is 0.272 e. The van der Waals surface area contributed by atoms with Crippen molar-refractivity contribution in [1.29, 1.82) is 0 Å². The number of amides is 3. The number of hydrogen-bond donors (Lipinski definition) is 3. The van der Waals surface area contributed by atoms with Gasteiger partial charge in [0.2, 0.25) is 5.91 Å². The van der Waals surface area contributed by atoms with Crippen LogP contribution >= 0.6 is 39.0 Å². The molecule has 0 aliphatic carbocycles. The molecule has 10 heteroatoms. The molecule has 45 heavy (non-hydrogen) atoms. The van der Waals surface area contributed by atoms with Crippen molar-refractivity contribution >= 4 is 73.6 Å². The minimum Gasteiger partial charge on any atom is -0.321 e. The van der Waals surface area contributed by atoms with Crippen molar-refractivity contribution in [3.05, 3.63) is 135 Å². The lowest BCUT2D eigenvalue weighted by Gasteiger charge is -2.13. The largest absolute Gasteiger partial charge is 0.321 e. The van der Waals surface area contributed by atoms with Crippen molar-refractivity contribution < 1.29 is 14.4 Å². The quantitative estimate of drug-likeness (QED) is 0.101. The van der Waals surface area contributed by atoms with Crippen molar-refractivity contribution in [2.24, 2.45) is 0 Å². The van der Waals surface area contributed by atoms with Crippen LogP contribution in [-0.4, -0.2) is 28.0 Å². The molecule has 5 rings (SSSR count). The van der Waals surface area contributed by atoms with Crippen LogP contribution in [0.5, 0.6) is 0 Å². The van der Waals surface area contributed by atoms with Gasteiger partial charge in [-0.25, -0.2) is 4.98 Å². The van der Waals surface area contributed by atoms with Crippen molar-refractivity contribution in [1.82, 2.24) is 10.3 Å². The van der Waals surface area contributed by atoms with Gasteiger partial charge in [0.05, 0.1) is 10.9 Å². The summed E-state index contributed by atoms with van der Waals surface area (Å²) in [6, 6.07) is 33.2. The summed E-state index contributed by atoms with van der Waals surface area (Å²) in [5.41, 5.74) is 3.69. The molecule has 226 valence electrons. The summed E-state index contributed by atoms with van der Waals surface area (Å²) in [5, 5.41) is 8.73. The van der Waals surface area contributed by atoms with Crippen molar-refractivity contribution in [2.45, 2.75) is 24.0 Å². The van der Waals surface area contributed by atoms with Gasteiger partial charge in [-0.2, -0.15) is 0 Å². The summed E-state index contributed by atoms with van der Waals surface area (Å²) < 4.78 is 0.847. The number of rotatable bonds is 10. The van der Waals surface area contributed by atoms with Crippen molar-refractivity contribution in [3.63, 3.8) is 0 Å². The third-order valence-electron chi connectivity index (χ3n) is 6.56. The van der Waals surface area contributed by atoms with E-state index in [4.69, 9.17) is 0 Å². The Labute approximate surface area is 278 Å². The van der Waals surface area contributed by atoms with Gasteiger partial charge in [-0.15, -0.1) is 23.1 Å². The van der Waals surface area contributed by atoms with E-state index in [0.29, 0.717) is 16.4 Å². The zero-order valence-electron chi connectivity index (χ0n) is 24.4. The zero-order chi connectivity index (χ0) is 31.8. The fourth-order valence-electron chi connectivity index (χ4n) is 4.30. The summed E-state index contributed by atoms with van der Waals surface area (Å²) in [6.45, 7) is 3.83. The molecule has 0 saturated heterocycles. The lowest BCUT2D eigenvalue weighted by atomic mass is 10.1. The van der Waals surface area contributed by atoms with Crippen LogP contribution in [0.15, 0.2) is 124 Å². The maximum absolute atomic E-state index is 13.3. The van der Waals surface area contributed by atoms with Gasteiger partial charge < -0.3 is 16.0 Å². The van der Waals surface area contributed by atoms with Crippen LogP contribution in [0, 0.1) is 6.92 Å². The van der Waals surface area contributed by atoms with Gasteiger partial charge in [0.15, 0.2) is 5.13 Å². The van der Waals surface area contributed by atoms with E-state index in [1.807, 2.05) is 86.6 Å². The molecule has 3 N–H and O–H groups in total. The number of nitrogens with one attached hydrogen (secondary N) is 3. The highest BCUT2D eigenvalue weighted by molar-refractivity contribution is 9.10. The van der Waals surface area contributed by atoms with Gasteiger partial charge in [0.25, 0.3) is 11.8 Å². The number of thiazole rings is 1. The van der Waals surface area contributed by atoms with E-state index < -0.39 is 11.8 Å². The topological polar surface area (TPSA) is 100 Å². The van der Waals surface area contributed by atoms with E-state index in [0.717, 1.165) is 31.1 Å². The number of anilines is 2. The van der Waals surface area contributed by atoms with Crippen molar-refractivity contribution in [2.75, 3.05) is 10.6 Å². The highest BCUT2D eigenvalue weighted by atomic mass is 79.9. The van der Waals surface area contributed by atoms with Crippen LogP contribution in [0.1, 0.15) is 27.7 Å². The molecular formula is C35H29BrN4O3S2. The molecule has 4 aromatic carbocycles. The number of carbonyl (C=O) groups is 3. The zero-order valence-corrected chi connectivity index (χ0v) is 27.6. The van der Waals surface area contributed by atoms with Crippen LogP contribution in [0.25, 0.3) is 17.3 Å². The number of benzene rings is 4. The number of thioether (sulfide) groups is 1. The number of aryl methyl sites for hydroxylation is 1. The predicted molar refractivity (Wildman–Crippen MR) is 187 cm³/mol. The van der Waals surface area contributed by atoms with Gasteiger partial charge >= 0.3 is 0 Å². The van der Waals surface area contributed by atoms with Gasteiger partial charge in [-0.05, 0) is 74.0 Å². The maximum atomic E-state index is 13.3. The molecule has 0 radical (unpaired) electrons. The molecule has 0 bridgehead atoms. The molecular weight excluding hydrogens is 668 g/mol. The van der Waals surface area contributed by atoms with Crippen LogP contribution in [-0.2, 0) is 9.59 Å². The highest BCUT2D eigenvalue weighted by Gasteiger charge is 2.19. The second-order valence-electron chi connectivity index (χ2n) is 9.95. The normalized spacial score (nSPS) is 11.8. The summed E-state index contributed by atoms with van der Waals surface area (Å²) in [7, 11) is 0. The fourth-order valence-corrected chi connectivity index (χ4v) is 6.42. The Hall–Kier alpha value is -4.51. The first kappa shape index (κ1) is 31.9. The second-order valence-corrected chi connectivity index (χ2v) is 13.5. The molecule has 7 nitrogen and oxygen atoms in total. The third kappa shape index (κ3) is 8.78. The SMILES string of the molecule is Cc1sc(NC(=O)C(C)Sc2ccc(NC(=O)/C(=C/c3cccc(Br)c3)NC(=O)c3ccccc3)cc2)nc1-c1ccccc1. The molecule has 5 aromatic rings. The van der Waals surface area contributed by atoms with E-state index in [1.54, 1.807) is 42.5 Å². The third-order valence-corrected chi connectivity index (χ3v) is 9.05. The summed E-state index contributed by atoms with van der Waals surface area (Å²) in [6.07, 6.45) is 1.62. The fraction of sp³-hybridized carbons (Fsp3) is 0.0857. The van der Waals surface area contributed by atoms with Crippen LogP contribution in [0.4, 0.5) is 10.8 Å². The number of hydrogen-bond acceptors (Lipinski definition) is 6. The van der Waals surface area contributed by atoms with E-state index in [-0.39, 0.29) is 16.9 Å². The van der Waals surface area contributed by atoms with Gasteiger partial charge in [-0.1, -0.05) is 76.6 Å². The van der Waals surface area contributed by atoms with Crippen LogP contribution < -0.4 is 16.0 Å². The molecule has 1 heterocycles. The molecule has 1 atom stereocenters. The molecule has 0 aliphatic heterocycles. The van der Waals surface area contributed by atoms with Crippen molar-refractivity contribution in [3.8, 4) is 11.3 Å². The van der Waals surface area contributed by atoms with E-state index >= 15 is 0 Å². The predicted octanol–water partition coefficient (Wildman–Crippen LogP) is 8.41. The van der Waals surface area contributed by atoms with E-state index in [1.165, 1.54) is 23.1 Å². The lowest BCUT2D eigenvalue weighted by molar-refractivity contribution is -0.115. The molecule has 0 aliphatic rings. The first-order valence-electron chi connectivity index (χ1n) is 14.0. The Kier molecular flexibility index (Phi) is 10.6. The monoisotopic (exact) mass is 696 g/mol. The van der Waals surface area contributed by atoms with Crippen LogP contribution in [0.3, 0.4) is 0 Å². The average Bonchev–Trinajstić information content (AvgIpc) is 3.41. The van der Waals surface area contributed by atoms with Gasteiger partial charge in [0.1, 0.15) is 5.70 Å². The Balaban J connectivity index is 1.22. The number of halogens is 1. The molecule has 0 spiro atoms. The van der Waals surface area contributed by atoms with Gasteiger partial charge in [0, 0.05) is 31.1 Å². The molecule has 0 fully saturated rings. The smallest absolute Gasteiger partial charge is 0.272 e. The summed E-state index contributed by atoms with van der Waals surface area (Å²) in [5.74, 6) is -1.02. The molecule has 1 aromatic heterocycles. The average molecular weight is 698 g/mol. The standard InChI is InChI=1S/C35H29BrN4O3S2/c1-22-31(25-11-5-3-6-12-25)39-35(45-22)40-32(41)23(2)44-29-18-16-28(17-19-29)37-34(43)30(21-24-10-9-15-27(36)20-24)38-33(42)26-13-7-4-8-14-26/h3-21,23H,1-2H3,(H,37,43)(H,38,42)(H,39,40,41)/b30-21-. The molecule has 0 saturated carbocycles. The van der Waals surface area contributed by atoms with E-state index in [9.17, 15) is 14.4 Å². The Morgan fingerprint density at radius 3 is 2.24 bits per heavy atom. The molecule has 1 unspecified atom stereocenters. The lowest BCUT2D eigenvalue weighted by Crippen LogP contribution is -2.30. The van der Waals surface area contributed by atoms with Gasteiger partial charge in [-0.3, -0.25) is 14.4 Å². The van der Waals surface area contributed by atoms with Crippen LogP contribution in [0.2, 0.25) is 0 Å². The minimum absolute atomic E-state index is 0.0959. The minimum atomic E-state index is -0.471. The number of aromatic nitrogens is 1. The summed E-state index contributed by atoms with van der Waals surface area (Å²) in [4.78, 5) is 45.7. The summed E-state index contributed by atoms with van der Waals surface area (Å²) >= 11 is 6.29. The number of carbonyl (C=O) groups excluding carboxylic acids is 3. The first-order chi connectivity index (χ1) is 21.7. The van der Waals surface area contributed by atoms with E-state index in [2.05, 4.69) is 36.9 Å². The number of nitrogens with zero attached hydrogens (tertiary/aromatic N) is 1. The molecule has 3 amide bonds. The first-order valence-corrected chi connectivity index (χ1v) is 16.5. The Morgan fingerprint density at radius 2 is 1.56 bits per heavy atom. The Bertz CT molecular complexity index is 1840. The second kappa shape index (κ2) is 15.0. The Morgan fingerprint density at radius 1 is 0.867 bits per heavy atom. The highest BCUT2D eigenvalue weighted by Crippen LogP contribution is 2.31.